The third-order valence-electron chi connectivity index (χ3n) is 3.38. The summed E-state index contributed by atoms with van der Waals surface area (Å²) in [5.74, 6) is 0. The van der Waals surface area contributed by atoms with Gasteiger partial charge in [-0.3, -0.25) is 14.6 Å². The molecule has 5 heteroatoms. The molecule has 2 aromatic carbocycles. The largest absolute Gasteiger partial charge is 0.285 e. The molecule has 0 aliphatic carbocycles. The monoisotopic (exact) mass is 278 g/mol. The number of aryl methyl sites for hydroxylation is 1. The highest BCUT2D eigenvalue weighted by molar-refractivity contribution is 5.81. The van der Waals surface area contributed by atoms with E-state index < -0.39 is 10.9 Å². The number of rotatable bonds is 3. The topological polar surface area (TPSA) is 76.5 Å². The molecule has 3 aromatic rings. The fourth-order valence-corrected chi connectivity index (χ4v) is 2.29. The molecule has 102 valence electrons. The predicted octanol–water partition coefficient (Wildman–Crippen LogP) is 2.72. The Hall–Kier alpha value is -2.95. The standard InChI is InChI=1S/C16H10N2O3/c1-9-8-12(6-7-17-9)10-2-4-11(5-3-10)13-14(18-21)16(20)15(13)19/h2-8H,1H3. The maximum absolute atomic E-state index is 11.5. The van der Waals surface area contributed by atoms with Gasteiger partial charge in [-0.15, -0.1) is 4.91 Å². The summed E-state index contributed by atoms with van der Waals surface area (Å²) in [6, 6.07) is 10.9. The van der Waals surface area contributed by atoms with Gasteiger partial charge >= 0.3 is 0 Å². The Kier molecular flexibility index (Phi) is 3.02. The van der Waals surface area contributed by atoms with Crippen LogP contribution in [0.1, 0.15) is 5.69 Å². The molecule has 0 atom stereocenters. The highest BCUT2D eigenvalue weighted by atomic mass is 16.3. The lowest BCUT2D eigenvalue weighted by molar-refractivity contribution is 1.20. The SMILES string of the molecule is Cc1cc(-c2ccc(-c3c(N=O)c(=O)c3=O)cc2)ccn1. The highest BCUT2D eigenvalue weighted by Crippen LogP contribution is 2.28. The Morgan fingerprint density at radius 2 is 1.57 bits per heavy atom. The molecule has 0 aliphatic heterocycles. The number of hydrogen-bond donors (Lipinski definition) is 0. The van der Waals surface area contributed by atoms with Crippen molar-refractivity contribution in [3.8, 4) is 22.3 Å². The lowest BCUT2D eigenvalue weighted by atomic mass is 9.96. The van der Waals surface area contributed by atoms with Crippen molar-refractivity contribution in [2.75, 3.05) is 0 Å². The van der Waals surface area contributed by atoms with E-state index in [-0.39, 0.29) is 11.3 Å². The highest BCUT2D eigenvalue weighted by Gasteiger charge is 2.22. The van der Waals surface area contributed by atoms with E-state index in [1.54, 1.807) is 18.3 Å². The third kappa shape index (κ3) is 2.08. The average molecular weight is 278 g/mol. The van der Waals surface area contributed by atoms with Crippen molar-refractivity contribution in [1.29, 1.82) is 0 Å². The fraction of sp³-hybridized carbons (Fsp3) is 0.0625. The van der Waals surface area contributed by atoms with E-state index in [9.17, 15) is 14.5 Å². The molecule has 3 rings (SSSR count). The quantitative estimate of drug-likeness (QED) is 0.545. The first-order chi connectivity index (χ1) is 10.1. The number of nitrogens with zero attached hydrogens (tertiary/aromatic N) is 2. The van der Waals surface area contributed by atoms with Crippen LogP contribution < -0.4 is 10.9 Å². The molecular weight excluding hydrogens is 268 g/mol. The number of benzene rings is 1. The van der Waals surface area contributed by atoms with Crippen molar-refractivity contribution in [3.63, 3.8) is 0 Å². The van der Waals surface area contributed by atoms with Gasteiger partial charge in [-0.05, 0) is 40.9 Å². The zero-order valence-corrected chi connectivity index (χ0v) is 11.2. The molecule has 0 fully saturated rings. The molecule has 1 aromatic heterocycles. The van der Waals surface area contributed by atoms with Crippen LogP contribution in [0.3, 0.4) is 0 Å². The van der Waals surface area contributed by atoms with Gasteiger partial charge in [0.15, 0.2) is 5.69 Å². The summed E-state index contributed by atoms with van der Waals surface area (Å²) >= 11 is 0. The predicted molar refractivity (Wildman–Crippen MR) is 80.2 cm³/mol. The van der Waals surface area contributed by atoms with Crippen LogP contribution in [0.5, 0.6) is 0 Å². The second kappa shape index (κ2) is 4.86. The summed E-state index contributed by atoms with van der Waals surface area (Å²) in [5.41, 5.74) is 1.76. The van der Waals surface area contributed by atoms with Crippen LogP contribution in [0.15, 0.2) is 57.4 Å². The van der Waals surface area contributed by atoms with E-state index in [1.165, 1.54) is 0 Å². The van der Waals surface area contributed by atoms with Crippen LogP contribution in [0, 0.1) is 11.8 Å². The number of aromatic nitrogens is 1. The molecule has 0 saturated heterocycles. The van der Waals surface area contributed by atoms with E-state index in [0.29, 0.717) is 5.56 Å². The smallest absolute Gasteiger partial charge is 0.256 e. The van der Waals surface area contributed by atoms with Crippen molar-refractivity contribution in [1.82, 2.24) is 4.98 Å². The summed E-state index contributed by atoms with van der Waals surface area (Å²) < 4.78 is 0. The molecule has 0 saturated carbocycles. The first-order valence-electron chi connectivity index (χ1n) is 6.32. The van der Waals surface area contributed by atoms with Crippen molar-refractivity contribution < 1.29 is 0 Å². The molecule has 0 radical (unpaired) electrons. The first-order valence-corrected chi connectivity index (χ1v) is 6.32. The van der Waals surface area contributed by atoms with Gasteiger partial charge < -0.3 is 0 Å². The molecule has 0 aliphatic rings. The van der Waals surface area contributed by atoms with Gasteiger partial charge in [-0.2, -0.15) is 0 Å². The maximum atomic E-state index is 11.5. The minimum Gasteiger partial charge on any atom is -0.285 e. The van der Waals surface area contributed by atoms with Crippen molar-refractivity contribution in [2.45, 2.75) is 6.92 Å². The Labute approximate surface area is 119 Å². The molecule has 0 amide bonds. The van der Waals surface area contributed by atoms with Gasteiger partial charge in [0.05, 0.1) is 5.56 Å². The lowest BCUT2D eigenvalue weighted by Gasteiger charge is -2.07. The van der Waals surface area contributed by atoms with Crippen molar-refractivity contribution in [3.05, 3.63) is 73.6 Å². The molecule has 5 nitrogen and oxygen atoms in total. The van der Waals surface area contributed by atoms with Crippen LogP contribution in [-0.2, 0) is 0 Å². The minimum atomic E-state index is -0.811. The third-order valence-corrected chi connectivity index (χ3v) is 3.38. The zero-order chi connectivity index (χ0) is 15.0. The van der Waals surface area contributed by atoms with E-state index in [1.807, 2.05) is 31.2 Å². The van der Waals surface area contributed by atoms with Gasteiger partial charge in [0.25, 0.3) is 5.43 Å². The second-order valence-corrected chi connectivity index (χ2v) is 4.74. The first kappa shape index (κ1) is 13.1. The summed E-state index contributed by atoms with van der Waals surface area (Å²) in [5, 5.41) is 2.63. The molecule has 0 bridgehead atoms. The van der Waals surface area contributed by atoms with Crippen LogP contribution in [-0.4, -0.2) is 4.98 Å². The maximum Gasteiger partial charge on any atom is 0.256 e. The summed E-state index contributed by atoms with van der Waals surface area (Å²) in [6.07, 6.45) is 1.73. The van der Waals surface area contributed by atoms with E-state index in [4.69, 9.17) is 0 Å². The van der Waals surface area contributed by atoms with Crippen LogP contribution >= 0.6 is 0 Å². The fourth-order valence-electron chi connectivity index (χ4n) is 2.29. The molecular formula is C16H10N2O3. The molecule has 21 heavy (non-hydrogen) atoms. The van der Waals surface area contributed by atoms with Gasteiger partial charge in [0, 0.05) is 11.9 Å². The lowest BCUT2D eigenvalue weighted by Crippen LogP contribution is -2.32. The van der Waals surface area contributed by atoms with Gasteiger partial charge in [0.2, 0.25) is 5.43 Å². The number of pyridine rings is 1. The summed E-state index contributed by atoms with van der Waals surface area (Å²) in [6.45, 7) is 1.91. The van der Waals surface area contributed by atoms with Crippen LogP contribution in [0.4, 0.5) is 5.69 Å². The van der Waals surface area contributed by atoms with Gasteiger partial charge in [-0.1, -0.05) is 24.3 Å². The second-order valence-electron chi connectivity index (χ2n) is 4.74. The molecule has 0 N–H and O–H groups in total. The minimum absolute atomic E-state index is 0.104. The molecule has 1 heterocycles. The zero-order valence-electron chi connectivity index (χ0n) is 11.2. The Balaban J connectivity index is 2.02. The normalized spacial score (nSPS) is 10.7. The average Bonchev–Trinajstić information content (AvgIpc) is 2.51. The summed E-state index contributed by atoms with van der Waals surface area (Å²) in [7, 11) is 0. The van der Waals surface area contributed by atoms with E-state index in [2.05, 4.69) is 10.2 Å². The Bertz CT molecular complexity index is 904. The van der Waals surface area contributed by atoms with Crippen LogP contribution in [0.2, 0.25) is 0 Å². The molecule has 0 unspecified atom stereocenters. The Morgan fingerprint density at radius 3 is 2.19 bits per heavy atom. The van der Waals surface area contributed by atoms with Crippen molar-refractivity contribution >= 4 is 5.69 Å². The Morgan fingerprint density at radius 1 is 0.905 bits per heavy atom. The molecule has 0 spiro atoms. The summed E-state index contributed by atoms with van der Waals surface area (Å²) in [4.78, 5) is 37.4. The van der Waals surface area contributed by atoms with Crippen molar-refractivity contribution in [2.24, 2.45) is 5.18 Å². The van der Waals surface area contributed by atoms with Crippen LogP contribution in [0.25, 0.3) is 22.3 Å². The van der Waals surface area contributed by atoms with Gasteiger partial charge in [0.1, 0.15) is 0 Å². The van der Waals surface area contributed by atoms with E-state index >= 15 is 0 Å². The van der Waals surface area contributed by atoms with Gasteiger partial charge in [-0.25, -0.2) is 0 Å². The number of nitroso groups, excluding NO2 is 1. The number of hydrogen-bond acceptors (Lipinski definition) is 5. The van der Waals surface area contributed by atoms with E-state index in [0.717, 1.165) is 16.8 Å².